The fraction of sp³-hybridized carbons (Fsp3) is 0.158. The Morgan fingerprint density at radius 2 is 1.93 bits per heavy atom. The van der Waals surface area contributed by atoms with Crippen LogP contribution in [0.1, 0.15) is 11.3 Å². The van der Waals surface area contributed by atoms with Crippen LogP contribution in [-0.2, 0) is 23.0 Å². The van der Waals surface area contributed by atoms with Gasteiger partial charge < -0.3 is 8.94 Å². The van der Waals surface area contributed by atoms with Gasteiger partial charge in [-0.3, -0.25) is 4.98 Å². The summed E-state index contributed by atoms with van der Waals surface area (Å²) in [6, 6.07) is 11.4. The Kier molecular flexibility index (Phi) is 4.12. The fourth-order valence-corrected chi connectivity index (χ4v) is 5.01. The van der Waals surface area contributed by atoms with Gasteiger partial charge in [0.1, 0.15) is 0 Å². The highest BCUT2D eigenvalue weighted by Crippen LogP contribution is 2.33. The Bertz CT molecular complexity index is 1390. The van der Waals surface area contributed by atoms with Gasteiger partial charge in [0.15, 0.2) is 11.3 Å². The van der Waals surface area contributed by atoms with Crippen molar-refractivity contribution in [1.82, 2.24) is 14.4 Å². The molecule has 29 heavy (non-hydrogen) atoms. The van der Waals surface area contributed by atoms with E-state index < -0.39 is 15.8 Å². The molecule has 0 bridgehead atoms. The van der Waals surface area contributed by atoms with Crippen LogP contribution in [0.25, 0.3) is 22.4 Å². The number of nitrogens with one attached hydrogen (secondary N) is 1. The highest BCUT2D eigenvalue weighted by Gasteiger charge is 2.32. The summed E-state index contributed by atoms with van der Waals surface area (Å²) < 4.78 is 38.2. The molecule has 3 heterocycles. The van der Waals surface area contributed by atoms with Crippen molar-refractivity contribution in [1.29, 1.82) is 0 Å². The van der Waals surface area contributed by atoms with E-state index in [0.29, 0.717) is 22.7 Å². The van der Waals surface area contributed by atoms with Gasteiger partial charge in [0, 0.05) is 41.7 Å². The molecule has 0 saturated carbocycles. The number of nitrogens with zero attached hydrogens (tertiary/aromatic N) is 2. The van der Waals surface area contributed by atoms with Gasteiger partial charge in [-0.2, -0.15) is 4.31 Å². The van der Waals surface area contributed by atoms with Gasteiger partial charge in [0.25, 0.3) is 0 Å². The molecule has 0 aliphatic carbocycles. The van der Waals surface area contributed by atoms with Gasteiger partial charge in [-0.05, 0) is 36.4 Å². The average molecular weight is 432 g/mol. The number of benzene rings is 2. The van der Waals surface area contributed by atoms with Gasteiger partial charge >= 0.3 is 5.76 Å². The molecule has 2 aromatic heterocycles. The SMILES string of the molecule is O=c1[nH]c2ccc(S(=O)(=O)N3CCc4noc(-c5ccc(Cl)cc5)c4C3)cc2o1. The number of H-pyrrole nitrogens is 1. The van der Waals surface area contributed by atoms with Crippen LogP contribution >= 0.6 is 11.6 Å². The summed E-state index contributed by atoms with van der Waals surface area (Å²) >= 11 is 5.95. The molecule has 1 aliphatic heterocycles. The first kappa shape index (κ1) is 18.2. The zero-order valence-electron chi connectivity index (χ0n) is 14.9. The van der Waals surface area contributed by atoms with Gasteiger partial charge in [0.2, 0.25) is 10.0 Å². The molecule has 1 N–H and O–H groups in total. The molecule has 0 unspecified atom stereocenters. The van der Waals surface area contributed by atoms with Crippen LogP contribution in [-0.4, -0.2) is 29.4 Å². The largest absolute Gasteiger partial charge is 0.417 e. The predicted octanol–water partition coefficient (Wildman–Crippen LogP) is 3.18. The number of aromatic amines is 1. The molecule has 0 spiro atoms. The van der Waals surface area contributed by atoms with Crippen molar-refractivity contribution in [3.8, 4) is 11.3 Å². The normalized spacial score (nSPS) is 14.9. The Morgan fingerprint density at radius 1 is 1.14 bits per heavy atom. The van der Waals surface area contributed by atoms with Crippen molar-refractivity contribution < 1.29 is 17.4 Å². The number of hydrogen-bond acceptors (Lipinski definition) is 6. The Hall–Kier alpha value is -2.88. The third kappa shape index (κ3) is 3.07. The predicted molar refractivity (Wildman–Crippen MR) is 105 cm³/mol. The molecule has 1 aliphatic rings. The van der Waals surface area contributed by atoms with Crippen molar-refractivity contribution in [3.05, 3.63) is 69.3 Å². The second-order valence-corrected chi connectivity index (χ2v) is 9.08. The van der Waals surface area contributed by atoms with Gasteiger partial charge in [0.05, 0.1) is 16.1 Å². The summed E-state index contributed by atoms with van der Waals surface area (Å²) in [6.45, 7) is 0.408. The van der Waals surface area contributed by atoms with Crippen LogP contribution in [0, 0.1) is 0 Å². The highest BCUT2D eigenvalue weighted by atomic mass is 35.5. The second kappa shape index (κ2) is 6.58. The summed E-state index contributed by atoms with van der Waals surface area (Å²) in [4.78, 5) is 13.9. The maximum Gasteiger partial charge on any atom is 0.417 e. The van der Waals surface area contributed by atoms with E-state index >= 15 is 0 Å². The van der Waals surface area contributed by atoms with E-state index in [4.69, 9.17) is 20.5 Å². The summed E-state index contributed by atoms with van der Waals surface area (Å²) in [7, 11) is -3.80. The number of rotatable bonds is 3. The number of fused-ring (bicyclic) bond motifs is 2. The van der Waals surface area contributed by atoms with E-state index in [2.05, 4.69) is 10.1 Å². The van der Waals surface area contributed by atoms with Crippen LogP contribution in [0.2, 0.25) is 5.02 Å². The molecule has 4 aromatic rings. The maximum absolute atomic E-state index is 13.2. The molecule has 0 fully saturated rings. The molecule has 8 nitrogen and oxygen atoms in total. The molecule has 10 heteroatoms. The van der Waals surface area contributed by atoms with E-state index in [9.17, 15) is 13.2 Å². The first-order valence-electron chi connectivity index (χ1n) is 8.78. The Labute approximate surface area is 169 Å². The zero-order chi connectivity index (χ0) is 20.2. The minimum atomic E-state index is -3.80. The number of aromatic nitrogens is 2. The number of oxazole rings is 1. The first-order valence-corrected chi connectivity index (χ1v) is 10.6. The van der Waals surface area contributed by atoms with Crippen LogP contribution in [0.15, 0.2) is 61.1 Å². The van der Waals surface area contributed by atoms with Crippen LogP contribution in [0.3, 0.4) is 0 Å². The third-order valence-electron chi connectivity index (χ3n) is 4.94. The van der Waals surface area contributed by atoms with Crippen LogP contribution < -0.4 is 5.76 Å². The average Bonchev–Trinajstić information content (AvgIpc) is 3.29. The molecule has 0 atom stereocenters. The minimum absolute atomic E-state index is 0.0562. The lowest BCUT2D eigenvalue weighted by Gasteiger charge is -2.25. The van der Waals surface area contributed by atoms with E-state index in [1.807, 2.05) is 0 Å². The minimum Gasteiger partial charge on any atom is -0.408 e. The third-order valence-corrected chi connectivity index (χ3v) is 7.03. The molecular weight excluding hydrogens is 418 g/mol. The quantitative estimate of drug-likeness (QED) is 0.533. The lowest BCUT2D eigenvalue weighted by Crippen LogP contribution is -2.35. The second-order valence-electron chi connectivity index (χ2n) is 6.70. The molecule has 0 radical (unpaired) electrons. The Morgan fingerprint density at radius 3 is 2.72 bits per heavy atom. The zero-order valence-corrected chi connectivity index (χ0v) is 16.5. The molecule has 0 saturated heterocycles. The summed E-state index contributed by atoms with van der Waals surface area (Å²) in [5.41, 5.74) is 2.89. The van der Waals surface area contributed by atoms with Crippen molar-refractivity contribution in [2.75, 3.05) is 6.54 Å². The van der Waals surface area contributed by atoms with E-state index in [0.717, 1.165) is 16.8 Å². The monoisotopic (exact) mass is 431 g/mol. The van der Waals surface area contributed by atoms with E-state index in [-0.39, 0.29) is 23.6 Å². The van der Waals surface area contributed by atoms with Gasteiger partial charge in [-0.1, -0.05) is 16.8 Å². The molecular formula is C19H14ClN3O5S. The van der Waals surface area contributed by atoms with Gasteiger partial charge in [-0.25, -0.2) is 13.2 Å². The first-order chi connectivity index (χ1) is 13.9. The summed E-state index contributed by atoms with van der Waals surface area (Å²) in [5.74, 6) is -0.0992. The fourth-order valence-electron chi connectivity index (χ4n) is 3.46. The Balaban J connectivity index is 1.51. The molecule has 0 amide bonds. The number of hydrogen-bond donors (Lipinski definition) is 1. The molecule has 2 aromatic carbocycles. The highest BCUT2D eigenvalue weighted by molar-refractivity contribution is 7.89. The maximum atomic E-state index is 13.2. The number of halogens is 1. The lowest BCUT2D eigenvalue weighted by atomic mass is 10.0. The van der Waals surface area contributed by atoms with Crippen molar-refractivity contribution in [2.45, 2.75) is 17.9 Å². The van der Waals surface area contributed by atoms with Gasteiger partial charge in [-0.15, -0.1) is 0 Å². The van der Waals surface area contributed by atoms with Crippen molar-refractivity contribution in [2.24, 2.45) is 0 Å². The van der Waals surface area contributed by atoms with Crippen molar-refractivity contribution in [3.63, 3.8) is 0 Å². The smallest absolute Gasteiger partial charge is 0.408 e. The summed E-state index contributed by atoms with van der Waals surface area (Å²) in [6.07, 6.45) is 0.438. The van der Waals surface area contributed by atoms with Crippen molar-refractivity contribution >= 4 is 32.7 Å². The standard InChI is InChI=1S/C19H14ClN3O5S/c20-12-3-1-11(2-4-12)18-14-10-23(8-7-15(14)22-28-18)29(25,26)13-5-6-16-17(9-13)27-19(24)21-16/h1-6,9H,7-8,10H2,(H,21,24). The number of sulfonamides is 1. The van der Waals surface area contributed by atoms with E-state index in [1.54, 1.807) is 24.3 Å². The lowest BCUT2D eigenvalue weighted by molar-refractivity contribution is 0.386. The molecule has 148 valence electrons. The summed E-state index contributed by atoms with van der Waals surface area (Å²) in [5, 5.41) is 4.70. The molecule has 5 rings (SSSR count). The van der Waals surface area contributed by atoms with E-state index in [1.165, 1.54) is 22.5 Å². The van der Waals surface area contributed by atoms with Crippen LogP contribution in [0.4, 0.5) is 0 Å². The van der Waals surface area contributed by atoms with Crippen LogP contribution in [0.5, 0.6) is 0 Å². The topological polar surface area (TPSA) is 109 Å².